The normalized spacial score (nSPS) is 10.9. The Hall–Kier alpha value is -2.05. The molecule has 3 rings (SSSR count). The second-order valence-corrected chi connectivity index (χ2v) is 6.35. The quantitative estimate of drug-likeness (QED) is 0.717. The van der Waals surface area contributed by atoms with E-state index in [2.05, 4.69) is 10.3 Å². The highest BCUT2D eigenvalue weighted by Crippen LogP contribution is 2.17. The number of carbonyl (C=O) groups is 1. The predicted octanol–water partition coefficient (Wildman–Crippen LogP) is 3.54. The molecule has 1 N–H and O–H groups in total. The number of hydrogen-bond acceptors (Lipinski definition) is 3. The van der Waals surface area contributed by atoms with E-state index in [0.29, 0.717) is 11.6 Å². The third-order valence-corrected chi connectivity index (χ3v) is 4.35. The van der Waals surface area contributed by atoms with Crippen molar-refractivity contribution in [3.05, 3.63) is 65.3 Å². The maximum Gasteiger partial charge on any atom is 0.230 e. The zero-order valence-corrected chi connectivity index (χ0v) is 13.6. The summed E-state index contributed by atoms with van der Waals surface area (Å²) in [4.78, 5) is 17.1. The summed E-state index contributed by atoms with van der Waals surface area (Å²) in [7, 11) is 0. The molecule has 0 unspecified atom stereocenters. The van der Waals surface area contributed by atoms with E-state index in [1.165, 1.54) is 23.9 Å². The van der Waals surface area contributed by atoms with Crippen molar-refractivity contribution in [1.82, 2.24) is 14.7 Å². The van der Waals surface area contributed by atoms with Crippen LogP contribution in [0.25, 0.3) is 5.65 Å². The van der Waals surface area contributed by atoms with E-state index in [1.54, 1.807) is 24.4 Å². The van der Waals surface area contributed by atoms with Crippen molar-refractivity contribution >= 4 is 34.9 Å². The minimum atomic E-state index is -0.286. The van der Waals surface area contributed by atoms with Gasteiger partial charge in [-0.15, -0.1) is 11.8 Å². The van der Waals surface area contributed by atoms with Gasteiger partial charge in [0.15, 0.2) is 0 Å². The second kappa shape index (κ2) is 7.02. The average Bonchev–Trinajstić information content (AvgIpc) is 2.94. The van der Waals surface area contributed by atoms with Crippen LogP contribution in [0.15, 0.2) is 53.7 Å². The monoisotopic (exact) mass is 349 g/mol. The van der Waals surface area contributed by atoms with Crippen LogP contribution in [-0.4, -0.2) is 21.0 Å². The molecule has 0 saturated carbocycles. The van der Waals surface area contributed by atoms with E-state index in [4.69, 9.17) is 11.6 Å². The molecule has 118 valence electrons. The van der Waals surface area contributed by atoms with E-state index in [-0.39, 0.29) is 17.5 Å². The van der Waals surface area contributed by atoms with Crippen molar-refractivity contribution in [3.8, 4) is 0 Å². The van der Waals surface area contributed by atoms with Crippen molar-refractivity contribution in [2.75, 3.05) is 5.75 Å². The standard InChI is InChI=1S/C16H13ClFN3OS/c17-11-1-6-15-20-13(9-21(15)8-11)7-19-16(22)10-23-14-4-2-12(18)3-5-14/h1-6,8-9H,7,10H2,(H,19,22). The van der Waals surface area contributed by atoms with Gasteiger partial charge in [-0.25, -0.2) is 9.37 Å². The molecule has 23 heavy (non-hydrogen) atoms. The molecule has 0 aliphatic rings. The number of aromatic nitrogens is 2. The lowest BCUT2D eigenvalue weighted by Crippen LogP contribution is -2.24. The van der Waals surface area contributed by atoms with Gasteiger partial charge in [0.05, 0.1) is 23.0 Å². The van der Waals surface area contributed by atoms with Crippen LogP contribution < -0.4 is 5.32 Å². The molecule has 2 heterocycles. The summed E-state index contributed by atoms with van der Waals surface area (Å²) in [6, 6.07) is 9.64. The summed E-state index contributed by atoms with van der Waals surface area (Å²) >= 11 is 7.28. The number of fused-ring (bicyclic) bond motifs is 1. The Bertz CT molecular complexity index is 835. The number of benzene rings is 1. The molecule has 0 aliphatic carbocycles. The third-order valence-electron chi connectivity index (χ3n) is 3.12. The van der Waals surface area contributed by atoms with Gasteiger partial charge in [-0.1, -0.05) is 11.6 Å². The summed E-state index contributed by atoms with van der Waals surface area (Å²) in [6.45, 7) is 0.349. The van der Waals surface area contributed by atoms with Crippen molar-refractivity contribution in [3.63, 3.8) is 0 Å². The van der Waals surface area contributed by atoms with Gasteiger partial charge in [0.25, 0.3) is 0 Å². The molecule has 0 radical (unpaired) electrons. The van der Waals surface area contributed by atoms with Gasteiger partial charge >= 0.3 is 0 Å². The molecule has 2 aromatic heterocycles. The molecule has 1 aromatic carbocycles. The highest BCUT2D eigenvalue weighted by molar-refractivity contribution is 8.00. The first-order valence-electron chi connectivity index (χ1n) is 6.88. The van der Waals surface area contributed by atoms with Gasteiger partial charge in [-0.2, -0.15) is 0 Å². The fraction of sp³-hybridized carbons (Fsp3) is 0.125. The lowest BCUT2D eigenvalue weighted by molar-refractivity contribution is -0.118. The zero-order chi connectivity index (χ0) is 16.2. The topological polar surface area (TPSA) is 46.4 Å². The molecule has 1 amide bonds. The van der Waals surface area contributed by atoms with Gasteiger partial charge in [-0.3, -0.25) is 4.79 Å². The molecule has 0 fully saturated rings. The SMILES string of the molecule is O=C(CSc1ccc(F)cc1)NCc1cn2cc(Cl)ccc2n1. The fourth-order valence-electron chi connectivity index (χ4n) is 2.02. The molecule has 7 heteroatoms. The van der Waals surface area contributed by atoms with E-state index in [9.17, 15) is 9.18 Å². The zero-order valence-electron chi connectivity index (χ0n) is 12.0. The second-order valence-electron chi connectivity index (χ2n) is 4.86. The molecule has 0 bridgehead atoms. The highest BCUT2D eigenvalue weighted by Gasteiger charge is 2.06. The number of rotatable bonds is 5. The van der Waals surface area contributed by atoms with Crippen molar-refractivity contribution in [1.29, 1.82) is 0 Å². The summed E-state index contributed by atoms with van der Waals surface area (Å²) in [5.74, 6) is -0.120. The van der Waals surface area contributed by atoms with E-state index in [0.717, 1.165) is 16.2 Å². The Balaban J connectivity index is 1.52. The molecule has 4 nitrogen and oxygen atoms in total. The molecule has 0 spiro atoms. The number of hydrogen-bond donors (Lipinski definition) is 1. The van der Waals surface area contributed by atoms with Gasteiger partial charge in [-0.05, 0) is 36.4 Å². The summed E-state index contributed by atoms with van der Waals surface area (Å²) in [5, 5.41) is 3.44. The molecule has 0 aliphatic heterocycles. The number of pyridine rings is 1. The first-order chi connectivity index (χ1) is 11.1. The van der Waals surface area contributed by atoms with Crippen LogP contribution in [0.4, 0.5) is 4.39 Å². The number of thioether (sulfide) groups is 1. The smallest absolute Gasteiger partial charge is 0.230 e. The summed E-state index contributed by atoms with van der Waals surface area (Å²) in [6.07, 6.45) is 3.59. The van der Waals surface area contributed by atoms with Crippen LogP contribution in [0.3, 0.4) is 0 Å². The van der Waals surface area contributed by atoms with Gasteiger partial charge < -0.3 is 9.72 Å². The number of halogens is 2. The molecular formula is C16H13ClFN3OS. The minimum Gasteiger partial charge on any atom is -0.350 e. The maximum atomic E-state index is 12.8. The Kier molecular flexibility index (Phi) is 4.83. The van der Waals surface area contributed by atoms with E-state index >= 15 is 0 Å². The third kappa shape index (κ3) is 4.24. The van der Waals surface area contributed by atoms with Crippen LogP contribution in [-0.2, 0) is 11.3 Å². The number of amides is 1. The van der Waals surface area contributed by atoms with Crippen molar-refractivity contribution in [2.45, 2.75) is 11.4 Å². The lowest BCUT2D eigenvalue weighted by atomic mass is 10.4. The van der Waals surface area contributed by atoms with Crippen LogP contribution in [0, 0.1) is 5.82 Å². The van der Waals surface area contributed by atoms with Gasteiger partial charge in [0.1, 0.15) is 11.5 Å². The number of nitrogens with one attached hydrogen (secondary N) is 1. The average molecular weight is 350 g/mol. The Labute approximate surface area is 141 Å². The predicted molar refractivity (Wildman–Crippen MR) is 89.2 cm³/mol. The molecular weight excluding hydrogens is 337 g/mol. The van der Waals surface area contributed by atoms with Crippen LogP contribution in [0.1, 0.15) is 5.69 Å². The Morgan fingerprint density at radius 1 is 1.22 bits per heavy atom. The summed E-state index contributed by atoms with van der Waals surface area (Å²) < 4.78 is 14.6. The van der Waals surface area contributed by atoms with Crippen molar-refractivity contribution in [2.24, 2.45) is 0 Å². The summed E-state index contributed by atoms with van der Waals surface area (Å²) in [5.41, 5.74) is 1.53. The van der Waals surface area contributed by atoms with Crippen molar-refractivity contribution < 1.29 is 9.18 Å². The largest absolute Gasteiger partial charge is 0.350 e. The molecule has 0 saturated heterocycles. The molecule has 0 atom stereocenters. The Morgan fingerprint density at radius 3 is 2.78 bits per heavy atom. The fourth-order valence-corrected chi connectivity index (χ4v) is 2.92. The maximum absolute atomic E-state index is 12.8. The van der Waals surface area contributed by atoms with Crippen LogP contribution in [0.2, 0.25) is 5.02 Å². The van der Waals surface area contributed by atoms with Crippen LogP contribution >= 0.6 is 23.4 Å². The van der Waals surface area contributed by atoms with Gasteiger partial charge in [0.2, 0.25) is 5.91 Å². The van der Waals surface area contributed by atoms with Crippen LogP contribution in [0.5, 0.6) is 0 Å². The first kappa shape index (κ1) is 15.8. The van der Waals surface area contributed by atoms with E-state index < -0.39 is 0 Å². The molecule has 3 aromatic rings. The Morgan fingerprint density at radius 2 is 2.00 bits per heavy atom. The highest BCUT2D eigenvalue weighted by atomic mass is 35.5. The van der Waals surface area contributed by atoms with E-state index in [1.807, 2.05) is 16.7 Å². The number of imidazole rings is 1. The lowest BCUT2D eigenvalue weighted by Gasteiger charge is -2.03. The number of nitrogens with zero attached hydrogens (tertiary/aromatic N) is 2. The number of carbonyl (C=O) groups excluding carboxylic acids is 1. The first-order valence-corrected chi connectivity index (χ1v) is 8.25. The minimum absolute atomic E-state index is 0.102. The van der Waals surface area contributed by atoms with Gasteiger partial charge in [0, 0.05) is 17.3 Å².